The van der Waals surface area contributed by atoms with E-state index in [0.717, 1.165) is 77.3 Å². The van der Waals surface area contributed by atoms with Crippen molar-refractivity contribution in [1.29, 1.82) is 0 Å². The van der Waals surface area contributed by atoms with E-state index in [4.69, 9.17) is 5.73 Å². The lowest BCUT2D eigenvalue weighted by Crippen LogP contribution is -2.59. The van der Waals surface area contributed by atoms with Crippen LogP contribution in [0.3, 0.4) is 0 Å². The van der Waals surface area contributed by atoms with Crippen molar-refractivity contribution in [2.24, 2.45) is 52.1 Å². The van der Waals surface area contributed by atoms with Crippen LogP contribution in [-0.2, 0) is 4.79 Å². The van der Waals surface area contributed by atoms with Crippen molar-refractivity contribution in [3.63, 3.8) is 0 Å². The van der Waals surface area contributed by atoms with Gasteiger partial charge in [-0.3, -0.25) is 4.79 Å². The average Bonchev–Trinajstić information content (AvgIpc) is 3.40. The van der Waals surface area contributed by atoms with Crippen LogP contribution < -0.4 is 21.7 Å². The normalized spacial score (nSPS) is 35.9. The molecule has 0 saturated heterocycles. The number of carbonyl (C=O) groups is 1. The fourth-order valence-corrected chi connectivity index (χ4v) is 10.5. The number of fused-ring (bicyclic) bond motifs is 5. The van der Waals surface area contributed by atoms with Gasteiger partial charge in [-0.05, 0) is 169 Å². The number of hydrogen-bond acceptors (Lipinski definition) is 6. The molecule has 0 aromatic carbocycles. The Kier molecular flexibility index (Phi) is 18.5. The van der Waals surface area contributed by atoms with Gasteiger partial charge in [0.1, 0.15) is 0 Å². The molecule has 4 aliphatic rings. The number of carboxylic acids is 1. The molecule has 4 fully saturated rings. The van der Waals surface area contributed by atoms with Crippen LogP contribution in [-0.4, -0.2) is 67.6 Å². The Balaban J connectivity index is 0.00000169. The second-order valence-electron chi connectivity index (χ2n) is 15.1. The van der Waals surface area contributed by atoms with E-state index >= 15 is 0 Å². The van der Waals surface area contributed by atoms with Crippen molar-refractivity contribution < 1.29 is 15.0 Å². The summed E-state index contributed by atoms with van der Waals surface area (Å²) in [5.41, 5.74) is 6.10. The molecule has 4 aliphatic carbocycles. The van der Waals surface area contributed by atoms with Gasteiger partial charge in [-0.15, -0.1) is 0 Å². The molecule has 7 nitrogen and oxygen atoms in total. The first kappa shape index (κ1) is 40.4. The highest BCUT2D eigenvalue weighted by atomic mass is 16.4. The number of rotatable bonds is 17. The van der Waals surface area contributed by atoms with Crippen molar-refractivity contribution in [3.8, 4) is 0 Å². The quantitative estimate of drug-likeness (QED) is 0.0969. The highest BCUT2D eigenvalue weighted by Gasteiger charge is 2.62. The van der Waals surface area contributed by atoms with Crippen LogP contribution in [0.25, 0.3) is 0 Å². The molecule has 0 heterocycles. The van der Waals surface area contributed by atoms with E-state index in [-0.39, 0.29) is 11.5 Å². The van der Waals surface area contributed by atoms with Crippen LogP contribution in [0, 0.1) is 46.3 Å². The van der Waals surface area contributed by atoms with Crippen molar-refractivity contribution in [3.05, 3.63) is 0 Å². The fraction of sp³-hybridized carbons (Fsp3) is 0.974. The topological polar surface area (TPSA) is 120 Å². The van der Waals surface area contributed by atoms with Crippen molar-refractivity contribution >= 4 is 5.97 Å². The Labute approximate surface area is 278 Å². The highest BCUT2D eigenvalue weighted by molar-refractivity contribution is 5.66. The predicted octanol–water partition coefficient (Wildman–Crippen LogP) is 6.83. The van der Waals surface area contributed by atoms with Gasteiger partial charge in [-0.25, -0.2) is 0 Å². The maximum Gasteiger partial charge on any atom is 0.303 e. The van der Waals surface area contributed by atoms with Gasteiger partial charge in [-0.2, -0.15) is 0 Å². The van der Waals surface area contributed by atoms with E-state index in [9.17, 15) is 15.0 Å². The zero-order valence-corrected chi connectivity index (χ0v) is 30.6. The van der Waals surface area contributed by atoms with E-state index in [1.54, 1.807) is 0 Å². The maximum absolute atomic E-state index is 11.6. The summed E-state index contributed by atoms with van der Waals surface area (Å²) in [6.45, 7) is 21.5. The summed E-state index contributed by atoms with van der Waals surface area (Å²) in [5.74, 6) is 2.94. The van der Waals surface area contributed by atoms with Gasteiger partial charge >= 0.3 is 5.97 Å². The maximum atomic E-state index is 11.6. The van der Waals surface area contributed by atoms with E-state index < -0.39 is 5.97 Å². The van der Waals surface area contributed by atoms with E-state index in [1.165, 1.54) is 51.4 Å². The van der Waals surface area contributed by atoms with Crippen molar-refractivity contribution in [2.75, 3.05) is 39.3 Å². The number of aliphatic hydroxyl groups excluding tert-OH is 1. The summed E-state index contributed by atoms with van der Waals surface area (Å²) in [4.78, 5) is 11.2. The van der Waals surface area contributed by atoms with Crippen LogP contribution in [0.15, 0.2) is 0 Å². The summed E-state index contributed by atoms with van der Waals surface area (Å²) in [6.07, 6.45) is 15.3. The molecule has 4 saturated carbocycles. The smallest absolute Gasteiger partial charge is 0.303 e. The Morgan fingerprint density at radius 3 is 2.04 bits per heavy atom. The molecular formula is C38H76N4O3. The van der Waals surface area contributed by atoms with Crippen LogP contribution in [0.5, 0.6) is 0 Å². The number of aliphatic hydroxyl groups is 1. The number of hydrogen-bond donors (Lipinski definition) is 6. The zero-order valence-electron chi connectivity index (χ0n) is 30.6. The van der Waals surface area contributed by atoms with Gasteiger partial charge in [0.15, 0.2) is 0 Å². The van der Waals surface area contributed by atoms with Gasteiger partial charge in [-0.1, -0.05) is 48.5 Å². The first-order valence-electron chi connectivity index (χ1n) is 19.5. The lowest BCUT2D eigenvalue weighted by Gasteiger charge is -2.62. The predicted molar refractivity (Wildman–Crippen MR) is 190 cm³/mol. The molecule has 45 heavy (non-hydrogen) atoms. The third-order valence-corrected chi connectivity index (χ3v) is 12.7. The van der Waals surface area contributed by atoms with Crippen molar-refractivity contribution in [2.45, 2.75) is 151 Å². The second-order valence-corrected chi connectivity index (χ2v) is 15.1. The summed E-state index contributed by atoms with van der Waals surface area (Å²) in [5, 5.41) is 31.8. The largest absolute Gasteiger partial charge is 0.481 e. The Hall–Kier alpha value is -0.730. The number of aliphatic carboxylic acids is 1. The second kappa shape index (κ2) is 20.6. The standard InChI is InChI=1S/C34H64N4O3.2C2H6/c1-24(8-11-32(40)41)27-9-10-28-26-23-31(39)30-22-25(12-14-34(30,3)29(26)13-15-33(27,28)2)38-21-7-20-37-18-5-4-17-36-19-6-16-35;2*1-2/h24-31,36-39H,4-23,35H2,1-3H3,(H,40,41);2*1-2H3. The lowest BCUT2D eigenvalue weighted by atomic mass is 9.43. The zero-order chi connectivity index (χ0) is 33.5. The van der Waals surface area contributed by atoms with Gasteiger partial charge in [0.25, 0.3) is 0 Å². The minimum atomic E-state index is -0.662. The number of nitrogens with two attached hydrogens (primary N) is 1. The van der Waals surface area contributed by atoms with E-state index in [1.807, 2.05) is 27.7 Å². The molecular weight excluding hydrogens is 560 g/mol. The molecule has 266 valence electrons. The number of carboxylic acid groups (broad SMARTS) is 1. The SMILES string of the molecule is CC.CC.CC(CCC(=O)O)C1CCC2C3CC(O)C4CC(NCCCNCCCCNCCCN)CCC4(C)C3CCC12C. The summed E-state index contributed by atoms with van der Waals surface area (Å²) < 4.78 is 0. The van der Waals surface area contributed by atoms with Gasteiger partial charge < -0.3 is 31.9 Å². The molecule has 0 spiro atoms. The summed E-state index contributed by atoms with van der Waals surface area (Å²) in [7, 11) is 0. The fourth-order valence-electron chi connectivity index (χ4n) is 10.5. The molecule has 0 aromatic heterocycles. The van der Waals surface area contributed by atoms with Crippen LogP contribution >= 0.6 is 0 Å². The molecule has 7 N–H and O–H groups in total. The highest BCUT2D eigenvalue weighted by Crippen LogP contribution is 2.68. The molecule has 10 atom stereocenters. The number of unbranched alkanes of at least 4 members (excludes halogenated alkanes) is 1. The van der Waals surface area contributed by atoms with E-state index in [2.05, 4.69) is 36.7 Å². The van der Waals surface area contributed by atoms with Gasteiger partial charge in [0.05, 0.1) is 6.10 Å². The van der Waals surface area contributed by atoms with E-state index in [0.29, 0.717) is 47.5 Å². The average molecular weight is 637 g/mol. The summed E-state index contributed by atoms with van der Waals surface area (Å²) >= 11 is 0. The molecule has 7 heteroatoms. The molecule has 0 amide bonds. The van der Waals surface area contributed by atoms with Crippen LogP contribution in [0.2, 0.25) is 0 Å². The van der Waals surface area contributed by atoms with Gasteiger partial charge in [0.2, 0.25) is 0 Å². The lowest BCUT2D eigenvalue weighted by molar-refractivity contribution is -0.162. The summed E-state index contributed by atoms with van der Waals surface area (Å²) in [6, 6.07) is 0.540. The van der Waals surface area contributed by atoms with Crippen molar-refractivity contribution in [1.82, 2.24) is 16.0 Å². The molecule has 0 radical (unpaired) electrons. The molecule has 0 aliphatic heterocycles. The Bertz CT molecular complexity index is 814. The molecule has 4 rings (SSSR count). The minimum Gasteiger partial charge on any atom is -0.481 e. The first-order chi connectivity index (χ1) is 21.7. The first-order valence-corrected chi connectivity index (χ1v) is 19.5. The molecule has 0 bridgehead atoms. The minimum absolute atomic E-state index is 0.178. The molecule has 10 unspecified atom stereocenters. The monoisotopic (exact) mass is 637 g/mol. The molecule has 0 aromatic rings. The Morgan fingerprint density at radius 2 is 1.40 bits per heavy atom. The Morgan fingerprint density at radius 1 is 0.800 bits per heavy atom. The number of nitrogens with one attached hydrogen (secondary N) is 3. The van der Waals surface area contributed by atoms with Crippen LogP contribution in [0.4, 0.5) is 0 Å². The van der Waals surface area contributed by atoms with Crippen LogP contribution in [0.1, 0.15) is 138 Å². The van der Waals surface area contributed by atoms with Gasteiger partial charge in [0, 0.05) is 12.5 Å². The third kappa shape index (κ3) is 10.6. The third-order valence-electron chi connectivity index (χ3n) is 12.7.